The molecular weight excluding hydrogens is 365 g/mol. The molecule has 138 valence electrons. The van der Waals surface area contributed by atoms with Crippen LogP contribution in [0.2, 0.25) is 5.02 Å². The summed E-state index contributed by atoms with van der Waals surface area (Å²) in [5, 5.41) is 7.43. The van der Waals surface area contributed by atoms with Crippen molar-refractivity contribution in [2.75, 3.05) is 11.9 Å². The van der Waals surface area contributed by atoms with Crippen molar-refractivity contribution in [1.29, 1.82) is 0 Å². The Labute approximate surface area is 154 Å². The van der Waals surface area contributed by atoms with Crippen molar-refractivity contribution in [2.24, 2.45) is 5.92 Å². The van der Waals surface area contributed by atoms with Crippen molar-refractivity contribution >= 4 is 23.1 Å². The molecule has 0 atom stereocenters. The average molecular weight is 383 g/mol. The second-order valence-electron chi connectivity index (χ2n) is 6.52. The second-order valence-corrected chi connectivity index (χ2v) is 6.96. The first-order valence-electron chi connectivity index (χ1n) is 8.14. The van der Waals surface area contributed by atoms with Crippen LogP contribution in [0.15, 0.2) is 30.3 Å². The molecule has 0 fully saturated rings. The maximum Gasteiger partial charge on any atom is 0.435 e. The molecule has 0 spiro atoms. The number of rotatable bonds is 4. The molecule has 0 saturated heterocycles. The zero-order valence-corrected chi connectivity index (χ0v) is 15.3. The minimum Gasteiger partial charge on any atom is -0.370 e. The highest BCUT2D eigenvalue weighted by Crippen LogP contribution is 2.39. The minimum absolute atomic E-state index is 0.0505. The van der Waals surface area contributed by atoms with E-state index in [-0.39, 0.29) is 11.2 Å². The van der Waals surface area contributed by atoms with Gasteiger partial charge in [-0.05, 0) is 30.5 Å². The summed E-state index contributed by atoms with van der Waals surface area (Å²) in [5.74, 6) is 0.804. The molecule has 1 aromatic carbocycles. The van der Waals surface area contributed by atoms with Crippen LogP contribution in [-0.4, -0.2) is 21.1 Å². The zero-order valence-electron chi connectivity index (χ0n) is 14.5. The number of benzene rings is 1. The molecule has 0 bridgehead atoms. The number of halogens is 4. The summed E-state index contributed by atoms with van der Waals surface area (Å²) < 4.78 is 42.2. The van der Waals surface area contributed by atoms with Crippen LogP contribution in [0.4, 0.5) is 19.0 Å². The predicted octanol–water partition coefficient (Wildman–Crippen LogP) is 5.44. The number of hydrogen-bond acceptors (Lipinski definition) is 3. The second kappa shape index (κ2) is 6.79. The summed E-state index contributed by atoms with van der Waals surface area (Å²) in [7, 11) is 0. The summed E-state index contributed by atoms with van der Waals surface area (Å²) in [6, 6.07) is 7.87. The highest BCUT2D eigenvalue weighted by Gasteiger charge is 2.39. The number of aryl methyl sites for hydroxylation is 1. The number of aromatic nitrogens is 3. The van der Waals surface area contributed by atoms with Crippen LogP contribution in [0.5, 0.6) is 0 Å². The third kappa shape index (κ3) is 3.62. The maximum atomic E-state index is 13.6. The summed E-state index contributed by atoms with van der Waals surface area (Å²) in [6.07, 6.45) is -4.61. The number of alkyl halides is 3. The molecule has 2 heterocycles. The summed E-state index contributed by atoms with van der Waals surface area (Å²) in [5.41, 5.74) is 0.110. The van der Waals surface area contributed by atoms with Crippen molar-refractivity contribution in [2.45, 2.75) is 26.9 Å². The van der Waals surface area contributed by atoms with E-state index >= 15 is 0 Å². The lowest BCUT2D eigenvalue weighted by molar-refractivity contribution is -0.140. The highest BCUT2D eigenvalue weighted by atomic mass is 35.5. The first-order chi connectivity index (χ1) is 12.2. The molecule has 1 N–H and O–H groups in total. The van der Waals surface area contributed by atoms with Crippen LogP contribution in [0.3, 0.4) is 0 Å². The molecule has 0 aliphatic rings. The van der Waals surface area contributed by atoms with Crippen LogP contribution in [0, 0.1) is 12.8 Å². The van der Waals surface area contributed by atoms with Gasteiger partial charge in [-0.15, -0.1) is 0 Å². The smallest absolute Gasteiger partial charge is 0.370 e. The van der Waals surface area contributed by atoms with Gasteiger partial charge in [-0.1, -0.05) is 37.6 Å². The van der Waals surface area contributed by atoms with Gasteiger partial charge in [-0.2, -0.15) is 22.8 Å². The van der Waals surface area contributed by atoms with Gasteiger partial charge in [-0.3, -0.25) is 0 Å². The highest BCUT2D eigenvalue weighted by molar-refractivity contribution is 6.30. The Morgan fingerprint density at radius 3 is 2.42 bits per heavy atom. The molecule has 3 rings (SSSR count). The largest absolute Gasteiger partial charge is 0.435 e. The summed E-state index contributed by atoms with van der Waals surface area (Å²) in [4.78, 5) is 4.32. The Bertz CT molecular complexity index is 930. The van der Waals surface area contributed by atoms with Gasteiger partial charge in [0.05, 0.1) is 5.56 Å². The lowest BCUT2D eigenvalue weighted by Gasteiger charge is -2.11. The van der Waals surface area contributed by atoms with Gasteiger partial charge in [-0.25, -0.2) is 4.98 Å². The number of nitrogens with zero attached hydrogens (tertiary/aromatic N) is 3. The number of anilines is 1. The van der Waals surface area contributed by atoms with Gasteiger partial charge in [0, 0.05) is 23.3 Å². The fourth-order valence-electron chi connectivity index (χ4n) is 2.65. The van der Waals surface area contributed by atoms with E-state index in [9.17, 15) is 13.2 Å². The molecule has 3 aromatic rings. The molecule has 0 unspecified atom stereocenters. The minimum atomic E-state index is -4.61. The zero-order chi connectivity index (χ0) is 19.1. The van der Waals surface area contributed by atoms with E-state index in [1.54, 1.807) is 37.3 Å². The predicted molar refractivity (Wildman–Crippen MR) is 96.5 cm³/mol. The molecule has 0 amide bonds. The molecule has 2 aromatic heterocycles. The van der Waals surface area contributed by atoms with Crippen molar-refractivity contribution in [3.63, 3.8) is 0 Å². The van der Waals surface area contributed by atoms with E-state index in [4.69, 9.17) is 11.6 Å². The van der Waals surface area contributed by atoms with Gasteiger partial charge >= 0.3 is 6.18 Å². The Kier molecular flexibility index (Phi) is 4.84. The standard InChI is InChI=1S/C18H18ClF3N4/c1-10(2)9-23-14-8-11(3)24-17-15(12-4-6-13(19)7-5-12)16(18(20,21)22)25-26(14)17/h4-8,10,23H,9H2,1-3H3. The Morgan fingerprint density at radius 2 is 1.85 bits per heavy atom. The first-order valence-corrected chi connectivity index (χ1v) is 8.52. The first kappa shape index (κ1) is 18.5. The van der Waals surface area contributed by atoms with Crippen LogP contribution in [0.1, 0.15) is 25.2 Å². The molecule has 8 heteroatoms. The normalized spacial score (nSPS) is 12.2. The topological polar surface area (TPSA) is 42.2 Å². The fourth-order valence-corrected chi connectivity index (χ4v) is 2.78. The van der Waals surface area contributed by atoms with E-state index in [1.807, 2.05) is 13.8 Å². The van der Waals surface area contributed by atoms with Gasteiger partial charge < -0.3 is 5.32 Å². The van der Waals surface area contributed by atoms with Gasteiger partial charge in [0.25, 0.3) is 0 Å². The lowest BCUT2D eigenvalue weighted by atomic mass is 10.1. The summed E-state index contributed by atoms with van der Waals surface area (Å²) >= 11 is 5.87. The van der Waals surface area contributed by atoms with E-state index in [0.717, 1.165) is 0 Å². The van der Waals surface area contributed by atoms with Crippen LogP contribution >= 0.6 is 11.6 Å². The van der Waals surface area contributed by atoms with Crippen LogP contribution in [0.25, 0.3) is 16.8 Å². The molecular formula is C18H18ClF3N4. The van der Waals surface area contributed by atoms with E-state index in [0.29, 0.717) is 34.6 Å². The SMILES string of the molecule is Cc1cc(NCC(C)C)n2nc(C(F)(F)F)c(-c3ccc(Cl)cc3)c2n1. The van der Waals surface area contributed by atoms with Crippen molar-refractivity contribution < 1.29 is 13.2 Å². The quantitative estimate of drug-likeness (QED) is 0.652. The monoisotopic (exact) mass is 382 g/mol. The molecule has 0 radical (unpaired) electrons. The van der Waals surface area contributed by atoms with Crippen LogP contribution < -0.4 is 5.32 Å². The number of hydrogen-bond donors (Lipinski definition) is 1. The third-order valence-corrected chi connectivity index (χ3v) is 4.06. The Hall–Kier alpha value is -2.28. The molecule has 4 nitrogen and oxygen atoms in total. The molecule has 0 aliphatic heterocycles. The van der Waals surface area contributed by atoms with E-state index < -0.39 is 11.9 Å². The number of fused-ring (bicyclic) bond motifs is 1. The number of nitrogens with one attached hydrogen (secondary N) is 1. The lowest BCUT2D eigenvalue weighted by Crippen LogP contribution is -2.13. The van der Waals surface area contributed by atoms with Crippen molar-refractivity contribution in [1.82, 2.24) is 14.6 Å². The molecule has 0 aliphatic carbocycles. The third-order valence-electron chi connectivity index (χ3n) is 3.81. The van der Waals surface area contributed by atoms with Crippen molar-refractivity contribution in [3.05, 3.63) is 46.7 Å². The van der Waals surface area contributed by atoms with E-state index in [2.05, 4.69) is 15.4 Å². The molecule has 26 heavy (non-hydrogen) atoms. The summed E-state index contributed by atoms with van der Waals surface area (Å²) in [6.45, 7) is 6.38. The molecule has 0 saturated carbocycles. The average Bonchev–Trinajstić information content (AvgIpc) is 2.93. The van der Waals surface area contributed by atoms with Crippen molar-refractivity contribution in [3.8, 4) is 11.1 Å². The van der Waals surface area contributed by atoms with Gasteiger partial charge in [0.15, 0.2) is 11.3 Å². The Morgan fingerprint density at radius 1 is 1.19 bits per heavy atom. The van der Waals surface area contributed by atoms with Gasteiger partial charge in [0.1, 0.15) is 5.82 Å². The fraction of sp³-hybridized carbons (Fsp3) is 0.333. The van der Waals surface area contributed by atoms with Gasteiger partial charge in [0.2, 0.25) is 0 Å². The van der Waals surface area contributed by atoms with Crippen LogP contribution in [-0.2, 0) is 6.18 Å². The maximum absolute atomic E-state index is 13.6. The Balaban J connectivity index is 2.28. The van der Waals surface area contributed by atoms with E-state index in [1.165, 1.54) is 4.52 Å².